The van der Waals surface area contributed by atoms with Crippen LogP contribution in [0.3, 0.4) is 0 Å². The molecule has 0 spiro atoms. The average Bonchev–Trinajstić information content (AvgIpc) is 2.41. The van der Waals surface area contributed by atoms with Crippen LogP contribution in [0.1, 0.15) is 19.8 Å². The molecular formula is C7H10NO2. The Bertz CT molecular complexity index is 160. The predicted molar refractivity (Wildman–Crippen MR) is 35.7 cm³/mol. The van der Waals surface area contributed by atoms with Crippen molar-refractivity contribution in [1.29, 1.82) is 0 Å². The van der Waals surface area contributed by atoms with Crippen LogP contribution in [0.25, 0.3) is 0 Å². The van der Waals surface area contributed by atoms with E-state index >= 15 is 0 Å². The van der Waals surface area contributed by atoms with Gasteiger partial charge in [-0.25, -0.2) is 0 Å². The van der Waals surface area contributed by atoms with Gasteiger partial charge in [0.25, 0.3) is 0 Å². The Morgan fingerprint density at radius 1 is 1.80 bits per heavy atom. The predicted octanol–water partition coefficient (Wildman–Crippen LogP) is 1.65. The zero-order valence-electron chi connectivity index (χ0n) is 5.96. The highest BCUT2D eigenvalue weighted by molar-refractivity contribution is 5.05. The normalized spacial score (nSPS) is 9.70. The van der Waals surface area contributed by atoms with E-state index in [0.717, 1.165) is 12.8 Å². The Morgan fingerprint density at radius 3 is 3.30 bits per heavy atom. The number of nitrogens with zero attached hydrogens (tertiary/aromatic N) is 1. The van der Waals surface area contributed by atoms with Crippen LogP contribution in [0.15, 0.2) is 10.8 Å². The van der Waals surface area contributed by atoms with Crippen LogP contribution in [0.4, 0.5) is 0 Å². The van der Waals surface area contributed by atoms with Crippen molar-refractivity contribution >= 4 is 0 Å². The summed E-state index contributed by atoms with van der Waals surface area (Å²) in [5.41, 5.74) is 0. The van der Waals surface area contributed by atoms with E-state index in [0.29, 0.717) is 12.4 Å². The molecule has 1 aromatic heterocycles. The van der Waals surface area contributed by atoms with Gasteiger partial charge >= 0.3 is 0 Å². The van der Waals surface area contributed by atoms with Gasteiger partial charge in [-0.2, -0.15) is 0 Å². The quantitative estimate of drug-likeness (QED) is 0.596. The molecule has 0 N–H and O–H groups in total. The van der Waals surface area contributed by atoms with E-state index in [4.69, 9.17) is 4.74 Å². The second-order valence-corrected chi connectivity index (χ2v) is 1.99. The molecule has 10 heavy (non-hydrogen) atoms. The molecule has 1 rings (SSSR count). The Morgan fingerprint density at radius 2 is 2.70 bits per heavy atom. The Balaban J connectivity index is 2.15. The molecule has 1 aromatic rings. The third-order valence-corrected chi connectivity index (χ3v) is 1.12. The smallest absolute Gasteiger partial charge is 0.188 e. The molecule has 1 heterocycles. The van der Waals surface area contributed by atoms with Gasteiger partial charge in [-0.1, -0.05) is 18.5 Å². The monoisotopic (exact) mass is 140 g/mol. The first-order chi connectivity index (χ1) is 4.93. The zero-order valence-corrected chi connectivity index (χ0v) is 5.96. The second-order valence-electron chi connectivity index (χ2n) is 1.99. The molecule has 3 nitrogen and oxygen atoms in total. The summed E-state index contributed by atoms with van der Waals surface area (Å²) in [6, 6.07) is 0. The minimum Gasteiger partial charge on any atom is -0.488 e. The molecule has 0 aromatic carbocycles. The SMILES string of the molecule is CCCCOc1[c]noc1. The van der Waals surface area contributed by atoms with E-state index < -0.39 is 0 Å². The van der Waals surface area contributed by atoms with Gasteiger partial charge in [0.15, 0.2) is 18.2 Å². The van der Waals surface area contributed by atoms with Crippen LogP contribution >= 0.6 is 0 Å². The number of ether oxygens (including phenoxy) is 1. The number of rotatable bonds is 4. The summed E-state index contributed by atoms with van der Waals surface area (Å²) in [4.78, 5) is 0. The van der Waals surface area contributed by atoms with Crippen molar-refractivity contribution in [3.05, 3.63) is 12.5 Å². The summed E-state index contributed by atoms with van der Waals surface area (Å²) in [6.07, 6.45) is 6.18. The first-order valence-electron chi connectivity index (χ1n) is 3.38. The molecule has 0 unspecified atom stereocenters. The maximum Gasteiger partial charge on any atom is 0.188 e. The summed E-state index contributed by atoms with van der Waals surface area (Å²) in [7, 11) is 0. The van der Waals surface area contributed by atoms with Gasteiger partial charge in [-0.05, 0) is 6.42 Å². The topological polar surface area (TPSA) is 35.3 Å². The van der Waals surface area contributed by atoms with Crippen molar-refractivity contribution < 1.29 is 9.26 Å². The molecule has 3 heteroatoms. The second kappa shape index (κ2) is 3.93. The third-order valence-electron chi connectivity index (χ3n) is 1.12. The molecule has 0 aliphatic rings. The lowest BCUT2D eigenvalue weighted by Crippen LogP contribution is -1.94. The minimum atomic E-state index is 0.591. The molecule has 0 amide bonds. The van der Waals surface area contributed by atoms with E-state index in [1.54, 1.807) is 0 Å². The minimum absolute atomic E-state index is 0.591. The van der Waals surface area contributed by atoms with Crippen LogP contribution in [0, 0.1) is 6.20 Å². The summed E-state index contributed by atoms with van der Waals surface area (Å²) in [6.45, 7) is 2.83. The van der Waals surface area contributed by atoms with Crippen molar-refractivity contribution in [2.24, 2.45) is 0 Å². The molecule has 0 fully saturated rings. The van der Waals surface area contributed by atoms with E-state index in [9.17, 15) is 0 Å². The molecule has 0 atom stereocenters. The van der Waals surface area contributed by atoms with E-state index in [1.165, 1.54) is 6.26 Å². The van der Waals surface area contributed by atoms with Crippen molar-refractivity contribution in [2.75, 3.05) is 6.61 Å². The summed E-state index contributed by atoms with van der Waals surface area (Å²) >= 11 is 0. The van der Waals surface area contributed by atoms with Gasteiger partial charge in [0, 0.05) is 0 Å². The summed E-state index contributed by atoms with van der Waals surface area (Å²) in [5.74, 6) is 0.591. The van der Waals surface area contributed by atoms with Crippen molar-refractivity contribution in [1.82, 2.24) is 5.16 Å². The lowest BCUT2D eigenvalue weighted by Gasteiger charge is -1.97. The fourth-order valence-electron chi connectivity index (χ4n) is 0.565. The van der Waals surface area contributed by atoms with E-state index in [1.807, 2.05) is 0 Å². The van der Waals surface area contributed by atoms with Gasteiger partial charge in [0.1, 0.15) is 0 Å². The molecule has 55 valence electrons. The number of aromatic nitrogens is 1. The Labute approximate surface area is 60.0 Å². The van der Waals surface area contributed by atoms with Gasteiger partial charge in [-0.3, -0.25) is 0 Å². The largest absolute Gasteiger partial charge is 0.488 e. The number of hydrogen-bond donors (Lipinski definition) is 0. The maximum atomic E-state index is 5.17. The highest BCUT2D eigenvalue weighted by Crippen LogP contribution is 2.06. The fraction of sp³-hybridized carbons (Fsp3) is 0.571. The first-order valence-corrected chi connectivity index (χ1v) is 3.38. The van der Waals surface area contributed by atoms with Crippen molar-refractivity contribution in [2.45, 2.75) is 19.8 Å². The number of unbranched alkanes of at least 4 members (excludes halogenated alkanes) is 1. The zero-order chi connectivity index (χ0) is 7.23. The van der Waals surface area contributed by atoms with Gasteiger partial charge in [0.05, 0.1) is 6.61 Å². The molecule has 0 aliphatic carbocycles. The van der Waals surface area contributed by atoms with E-state index in [-0.39, 0.29) is 0 Å². The van der Waals surface area contributed by atoms with Crippen LogP contribution in [-0.2, 0) is 0 Å². The fourth-order valence-corrected chi connectivity index (χ4v) is 0.565. The molecular weight excluding hydrogens is 130 g/mol. The standard InChI is InChI=1S/C7H10NO2/c1-2-3-4-9-7-5-8-10-6-7/h6H,2-4H2,1H3. The number of hydrogen-bond acceptors (Lipinski definition) is 3. The molecule has 0 aliphatic heterocycles. The molecule has 1 radical (unpaired) electrons. The first kappa shape index (κ1) is 7.12. The third kappa shape index (κ3) is 2.09. The van der Waals surface area contributed by atoms with Crippen LogP contribution < -0.4 is 4.74 Å². The van der Waals surface area contributed by atoms with E-state index in [2.05, 4.69) is 22.8 Å². The summed E-state index contributed by atoms with van der Waals surface area (Å²) < 4.78 is 9.69. The van der Waals surface area contributed by atoms with Crippen LogP contribution in [-0.4, -0.2) is 11.8 Å². The van der Waals surface area contributed by atoms with Crippen LogP contribution in [0.5, 0.6) is 5.75 Å². The van der Waals surface area contributed by atoms with Crippen LogP contribution in [0.2, 0.25) is 0 Å². The lowest BCUT2D eigenvalue weighted by atomic mass is 10.4. The highest BCUT2D eigenvalue weighted by Gasteiger charge is 1.94. The van der Waals surface area contributed by atoms with Gasteiger partial charge in [0.2, 0.25) is 0 Å². The maximum absolute atomic E-state index is 5.17. The Kier molecular flexibility index (Phi) is 2.80. The van der Waals surface area contributed by atoms with Gasteiger partial charge in [-0.15, -0.1) is 0 Å². The van der Waals surface area contributed by atoms with Crippen molar-refractivity contribution in [3.8, 4) is 5.75 Å². The van der Waals surface area contributed by atoms with Crippen molar-refractivity contribution in [3.63, 3.8) is 0 Å². The lowest BCUT2D eigenvalue weighted by molar-refractivity contribution is 0.304. The molecule has 0 saturated carbocycles. The summed E-state index contributed by atoms with van der Waals surface area (Å²) in [5, 5.41) is 3.38. The van der Waals surface area contributed by atoms with Gasteiger partial charge < -0.3 is 9.26 Å². The highest BCUT2D eigenvalue weighted by atomic mass is 16.5. The Hall–Kier alpha value is -0.990. The molecule has 0 saturated heterocycles. The molecule has 0 bridgehead atoms. The average molecular weight is 140 g/mol.